The topological polar surface area (TPSA) is 28.2 Å². The van der Waals surface area contributed by atoms with Gasteiger partial charge in [-0.3, -0.25) is 0 Å². The van der Waals surface area contributed by atoms with Crippen LogP contribution >= 0.6 is 0 Å². The summed E-state index contributed by atoms with van der Waals surface area (Å²) in [6.07, 6.45) is 5.88. The maximum absolute atomic E-state index is 4.57. The highest BCUT2D eigenvalue weighted by molar-refractivity contribution is 5.42. The third kappa shape index (κ3) is 3.93. The van der Waals surface area contributed by atoms with E-state index in [1.807, 2.05) is 6.20 Å². The molecule has 0 saturated carbocycles. The van der Waals surface area contributed by atoms with Crippen LogP contribution in [0.2, 0.25) is 0 Å². The van der Waals surface area contributed by atoms with Gasteiger partial charge in [-0.15, -0.1) is 0 Å². The first kappa shape index (κ1) is 14.3. The minimum absolute atomic E-state index is 0.401. The van der Waals surface area contributed by atoms with E-state index in [1.54, 1.807) is 0 Å². The summed E-state index contributed by atoms with van der Waals surface area (Å²) in [6, 6.07) is 4.78. The van der Waals surface area contributed by atoms with E-state index in [-0.39, 0.29) is 0 Å². The number of hydrogen-bond donors (Lipinski definition) is 1. The molecule has 1 aliphatic heterocycles. The molecule has 1 saturated heterocycles. The van der Waals surface area contributed by atoms with Gasteiger partial charge < -0.3 is 10.2 Å². The van der Waals surface area contributed by atoms with Gasteiger partial charge in [0.05, 0.1) is 0 Å². The molecule has 106 valence electrons. The van der Waals surface area contributed by atoms with Crippen LogP contribution in [0.4, 0.5) is 5.82 Å². The minimum Gasteiger partial charge on any atom is -0.357 e. The van der Waals surface area contributed by atoms with Crippen LogP contribution in [-0.4, -0.2) is 24.6 Å². The molecule has 3 nitrogen and oxygen atoms in total. The number of aromatic nitrogens is 1. The summed E-state index contributed by atoms with van der Waals surface area (Å²) in [4.78, 5) is 7.02. The predicted octanol–water partition coefficient (Wildman–Crippen LogP) is 3.38. The Morgan fingerprint density at radius 1 is 1.42 bits per heavy atom. The molecule has 2 atom stereocenters. The zero-order valence-corrected chi connectivity index (χ0v) is 12.5. The first-order chi connectivity index (χ1) is 9.20. The van der Waals surface area contributed by atoms with Gasteiger partial charge in [0.25, 0.3) is 0 Å². The molecule has 1 aliphatic rings. The maximum atomic E-state index is 4.57. The predicted molar refractivity (Wildman–Crippen MR) is 81.6 cm³/mol. The highest BCUT2D eigenvalue weighted by atomic mass is 15.2. The zero-order chi connectivity index (χ0) is 13.7. The van der Waals surface area contributed by atoms with E-state index in [0.717, 1.165) is 31.4 Å². The lowest BCUT2D eigenvalue weighted by atomic mass is 10.0. The molecule has 1 N–H and O–H groups in total. The standard InChI is InChI=1S/C16H27N3/c1-4-17-14(3)15-7-9-18-16(12-15)19-10-5-6-13(2)8-11-19/h7,9,12-14,17H,4-6,8,10-11H2,1-3H3. The largest absolute Gasteiger partial charge is 0.357 e. The Bertz CT molecular complexity index is 391. The van der Waals surface area contributed by atoms with Gasteiger partial charge in [0.15, 0.2) is 0 Å². The summed E-state index contributed by atoms with van der Waals surface area (Å²) in [5.41, 5.74) is 1.34. The molecule has 19 heavy (non-hydrogen) atoms. The van der Waals surface area contributed by atoms with Crippen LogP contribution in [0.3, 0.4) is 0 Å². The van der Waals surface area contributed by atoms with Crippen molar-refractivity contribution < 1.29 is 0 Å². The molecular weight excluding hydrogens is 234 g/mol. The van der Waals surface area contributed by atoms with Crippen LogP contribution in [0.1, 0.15) is 51.6 Å². The van der Waals surface area contributed by atoms with Crippen molar-refractivity contribution in [3.05, 3.63) is 23.9 Å². The lowest BCUT2D eigenvalue weighted by molar-refractivity contribution is 0.521. The first-order valence-corrected chi connectivity index (χ1v) is 7.65. The number of nitrogens with zero attached hydrogens (tertiary/aromatic N) is 2. The molecule has 0 bridgehead atoms. The van der Waals surface area contributed by atoms with Crippen molar-refractivity contribution >= 4 is 5.82 Å². The summed E-state index contributed by atoms with van der Waals surface area (Å²) in [6.45, 7) is 10.0. The van der Waals surface area contributed by atoms with E-state index >= 15 is 0 Å². The molecule has 1 fully saturated rings. The Morgan fingerprint density at radius 2 is 2.26 bits per heavy atom. The molecule has 2 unspecified atom stereocenters. The third-order valence-corrected chi connectivity index (χ3v) is 4.12. The van der Waals surface area contributed by atoms with Crippen molar-refractivity contribution in [2.75, 3.05) is 24.5 Å². The molecule has 0 radical (unpaired) electrons. The van der Waals surface area contributed by atoms with E-state index in [2.05, 4.69) is 48.1 Å². The van der Waals surface area contributed by atoms with Gasteiger partial charge in [0.1, 0.15) is 5.82 Å². The number of pyridine rings is 1. The van der Waals surface area contributed by atoms with Crippen molar-refractivity contribution in [1.29, 1.82) is 0 Å². The van der Waals surface area contributed by atoms with Gasteiger partial charge in [0, 0.05) is 25.3 Å². The minimum atomic E-state index is 0.401. The van der Waals surface area contributed by atoms with Gasteiger partial charge >= 0.3 is 0 Å². The van der Waals surface area contributed by atoms with Crippen molar-refractivity contribution in [2.45, 2.75) is 46.1 Å². The fourth-order valence-corrected chi connectivity index (χ4v) is 2.79. The van der Waals surface area contributed by atoms with Gasteiger partial charge in [-0.1, -0.05) is 13.8 Å². The number of nitrogens with one attached hydrogen (secondary N) is 1. The first-order valence-electron chi connectivity index (χ1n) is 7.65. The second kappa shape index (κ2) is 6.90. The average Bonchev–Trinajstić information content (AvgIpc) is 2.64. The van der Waals surface area contributed by atoms with Crippen LogP contribution in [0.25, 0.3) is 0 Å². The van der Waals surface area contributed by atoms with Crippen molar-refractivity contribution in [3.63, 3.8) is 0 Å². The smallest absolute Gasteiger partial charge is 0.128 e. The van der Waals surface area contributed by atoms with Crippen LogP contribution < -0.4 is 10.2 Å². The van der Waals surface area contributed by atoms with Crippen molar-refractivity contribution in [3.8, 4) is 0 Å². The van der Waals surface area contributed by atoms with Crippen LogP contribution in [0, 0.1) is 5.92 Å². The lowest BCUT2D eigenvalue weighted by Gasteiger charge is -2.23. The van der Waals surface area contributed by atoms with Gasteiger partial charge in [0.2, 0.25) is 0 Å². The molecular formula is C16H27N3. The monoisotopic (exact) mass is 261 g/mol. The van der Waals surface area contributed by atoms with E-state index in [0.29, 0.717) is 6.04 Å². The Kier molecular flexibility index (Phi) is 5.20. The third-order valence-electron chi connectivity index (χ3n) is 4.12. The molecule has 0 aliphatic carbocycles. The maximum Gasteiger partial charge on any atom is 0.128 e. The number of rotatable bonds is 4. The van der Waals surface area contributed by atoms with Crippen LogP contribution in [0.15, 0.2) is 18.3 Å². The highest BCUT2D eigenvalue weighted by Gasteiger charge is 2.15. The van der Waals surface area contributed by atoms with Gasteiger partial charge in [-0.2, -0.15) is 0 Å². The van der Waals surface area contributed by atoms with Gasteiger partial charge in [-0.05, 0) is 56.3 Å². The van der Waals surface area contributed by atoms with Gasteiger partial charge in [-0.25, -0.2) is 4.98 Å². The summed E-state index contributed by atoms with van der Waals surface area (Å²) in [7, 11) is 0. The summed E-state index contributed by atoms with van der Waals surface area (Å²) >= 11 is 0. The van der Waals surface area contributed by atoms with E-state index in [4.69, 9.17) is 0 Å². The van der Waals surface area contributed by atoms with Crippen LogP contribution in [0.5, 0.6) is 0 Å². The molecule has 3 heteroatoms. The second-order valence-corrected chi connectivity index (χ2v) is 5.75. The summed E-state index contributed by atoms with van der Waals surface area (Å²) in [5.74, 6) is 2.00. The average molecular weight is 261 g/mol. The molecule has 1 aromatic rings. The molecule has 0 aromatic carbocycles. The SMILES string of the molecule is CCNC(C)c1ccnc(N2CCCC(C)CC2)c1. The Balaban J connectivity index is 2.09. The number of hydrogen-bond acceptors (Lipinski definition) is 3. The molecule has 0 spiro atoms. The Labute approximate surface area is 117 Å². The molecule has 1 aromatic heterocycles. The summed E-state index contributed by atoms with van der Waals surface area (Å²) < 4.78 is 0. The van der Waals surface area contributed by atoms with E-state index in [1.165, 1.54) is 24.8 Å². The van der Waals surface area contributed by atoms with Crippen LogP contribution in [-0.2, 0) is 0 Å². The fraction of sp³-hybridized carbons (Fsp3) is 0.688. The lowest BCUT2D eigenvalue weighted by Crippen LogP contribution is -2.25. The molecule has 0 amide bonds. The molecule has 2 heterocycles. The Hall–Kier alpha value is -1.09. The normalized spacial score (nSPS) is 22.1. The van der Waals surface area contributed by atoms with Crippen molar-refractivity contribution in [1.82, 2.24) is 10.3 Å². The second-order valence-electron chi connectivity index (χ2n) is 5.75. The van der Waals surface area contributed by atoms with E-state index in [9.17, 15) is 0 Å². The van der Waals surface area contributed by atoms with Crippen molar-refractivity contribution in [2.24, 2.45) is 5.92 Å². The fourth-order valence-electron chi connectivity index (χ4n) is 2.79. The number of anilines is 1. The Morgan fingerprint density at radius 3 is 3.05 bits per heavy atom. The molecule has 2 rings (SSSR count). The summed E-state index contributed by atoms with van der Waals surface area (Å²) in [5, 5.41) is 3.47. The highest BCUT2D eigenvalue weighted by Crippen LogP contribution is 2.23. The zero-order valence-electron chi connectivity index (χ0n) is 12.5. The van der Waals surface area contributed by atoms with E-state index < -0.39 is 0 Å². The quantitative estimate of drug-likeness (QED) is 0.900.